The Morgan fingerprint density at radius 2 is 1.90 bits per heavy atom. The lowest BCUT2D eigenvalue weighted by atomic mass is 9.84. The highest BCUT2D eigenvalue weighted by atomic mass is 16.5. The first-order valence-electron chi connectivity index (χ1n) is 7.12. The maximum atomic E-state index is 6.15. The van der Waals surface area contributed by atoms with Crippen molar-refractivity contribution in [2.75, 3.05) is 0 Å². The van der Waals surface area contributed by atoms with Gasteiger partial charge in [-0.15, -0.1) is 0 Å². The van der Waals surface area contributed by atoms with Crippen molar-refractivity contribution in [2.45, 2.75) is 45.6 Å². The first-order valence-corrected chi connectivity index (χ1v) is 7.12. The summed E-state index contributed by atoms with van der Waals surface area (Å²) in [5, 5.41) is 4.14. The molecule has 0 saturated carbocycles. The van der Waals surface area contributed by atoms with Gasteiger partial charge in [0.05, 0.1) is 11.5 Å². The average Bonchev–Trinajstić information content (AvgIpc) is 2.97. The van der Waals surface area contributed by atoms with E-state index in [2.05, 4.69) is 50.0 Å². The Bertz CT molecular complexity index is 548. The van der Waals surface area contributed by atoms with Crippen LogP contribution in [0.1, 0.15) is 57.4 Å². The van der Waals surface area contributed by atoms with Gasteiger partial charge >= 0.3 is 0 Å². The molecule has 2 atom stereocenters. The van der Waals surface area contributed by atoms with Crippen LogP contribution in [0.4, 0.5) is 0 Å². The Morgan fingerprint density at radius 1 is 1.25 bits per heavy atom. The van der Waals surface area contributed by atoms with Gasteiger partial charge in [-0.05, 0) is 25.3 Å². The largest absolute Gasteiger partial charge is 0.338 e. The van der Waals surface area contributed by atoms with Crippen LogP contribution in [0.5, 0.6) is 0 Å². The molecule has 0 aliphatic heterocycles. The maximum Gasteiger partial charge on any atom is 0.243 e. The second-order valence-corrected chi connectivity index (χ2v) is 5.86. The van der Waals surface area contributed by atoms with E-state index in [4.69, 9.17) is 10.3 Å². The molecular weight excluding hydrogens is 250 g/mol. The van der Waals surface area contributed by atoms with Gasteiger partial charge < -0.3 is 10.3 Å². The lowest BCUT2D eigenvalue weighted by Crippen LogP contribution is -2.22. The summed E-state index contributed by atoms with van der Waals surface area (Å²) in [6, 6.07) is 9.98. The molecule has 4 nitrogen and oxygen atoms in total. The van der Waals surface area contributed by atoms with Crippen LogP contribution in [0.25, 0.3) is 0 Å². The van der Waals surface area contributed by atoms with Gasteiger partial charge in [0.15, 0.2) is 5.82 Å². The van der Waals surface area contributed by atoms with E-state index in [9.17, 15) is 0 Å². The number of benzene rings is 1. The monoisotopic (exact) mass is 273 g/mol. The Kier molecular flexibility index (Phi) is 4.23. The number of nitrogens with zero attached hydrogens (tertiary/aromatic N) is 2. The molecule has 0 bridgehead atoms. The molecular formula is C16H23N3O. The van der Waals surface area contributed by atoms with Crippen LogP contribution in [0.3, 0.4) is 0 Å². The molecule has 0 aliphatic carbocycles. The fourth-order valence-corrected chi connectivity index (χ4v) is 2.11. The van der Waals surface area contributed by atoms with Crippen molar-refractivity contribution in [3.05, 3.63) is 47.6 Å². The van der Waals surface area contributed by atoms with E-state index in [1.807, 2.05) is 18.2 Å². The zero-order valence-corrected chi connectivity index (χ0v) is 12.6. The first kappa shape index (κ1) is 14.7. The molecule has 2 N–H and O–H groups in total. The third-order valence-corrected chi connectivity index (χ3v) is 4.04. The van der Waals surface area contributed by atoms with Crippen molar-refractivity contribution in [3.63, 3.8) is 0 Å². The standard InChI is InChI=1S/C16H23N3O/c1-5-11(2)13(17)14-18-15(19-20-14)16(3,4)12-9-7-6-8-10-12/h6-11,13H,5,17H2,1-4H3/t11?,13-/m0/s1. The van der Waals surface area contributed by atoms with Crippen LogP contribution in [0.2, 0.25) is 0 Å². The Hall–Kier alpha value is -1.68. The molecule has 2 aromatic rings. The molecule has 0 amide bonds. The zero-order chi connectivity index (χ0) is 14.8. The fraction of sp³-hybridized carbons (Fsp3) is 0.500. The van der Waals surface area contributed by atoms with Crippen molar-refractivity contribution in [1.29, 1.82) is 0 Å². The lowest BCUT2D eigenvalue weighted by Gasteiger charge is -2.20. The van der Waals surface area contributed by atoms with Gasteiger partial charge in [0.1, 0.15) is 0 Å². The smallest absolute Gasteiger partial charge is 0.243 e. The van der Waals surface area contributed by atoms with E-state index < -0.39 is 0 Å². The maximum absolute atomic E-state index is 6.15. The summed E-state index contributed by atoms with van der Waals surface area (Å²) < 4.78 is 5.37. The van der Waals surface area contributed by atoms with Crippen molar-refractivity contribution < 1.29 is 4.52 Å². The molecule has 1 aromatic carbocycles. The quantitative estimate of drug-likeness (QED) is 0.906. The van der Waals surface area contributed by atoms with Gasteiger partial charge in [0.2, 0.25) is 5.89 Å². The fourth-order valence-electron chi connectivity index (χ4n) is 2.11. The van der Waals surface area contributed by atoms with E-state index in [-0.39, 0.29) is 11.5 Å². The van der Waals surface area contributed by atoms with E-state index in [1.54, 1.807) is 0 Å². The summed E-state index contributed by atoms with van der Waals surface area (Å²) in [6.45, 7) is 8.38. The van der Waals surface area contributed by atoms with Crippen LogP contribution in [0, 0.1) is 5.92 Å². The minimum absolute atomic E-state index is 0.201. The van der Waals surface area contributed by atoms with Crippen LogP contribution < -0.4 is 5.73 Å². The molecule has 4 heteroatoms. The molecule has 1 unspecified atom stereocenters. The highest BCUT2D eigenvalue weighted by Crippen LogP contribution is 2.30. The summed E-state index contributed by atoms with van der Waals surface area (Å²) >= 11 is 0. The van der Waals surface area contributed by atoms with Crippen LogP contribution in [-0.2, 0) is 5.41 Å². The van der Waals surface area contributed by atoms with Gasteiger partial charge in [-0.2, -0.15) is 4.98 Å². The van der Waals surface area contributed by atoms with Crippen LogP contribution >= 0.6 is 0 Å². The van der Waals surface area contributed by atoms with Gasteiger partial charge in [0.25, 0.3) is 0 Å². The Balaban J connectivity index is 2.28. The second-order valence-electron chi connectivity index (χ2n) is 5.86. The van der Waals surface area contributed by atoms with Crippen molar-refractivity contribution in [3.8, 4) is 0 Å². The van der Waals surface area contributed by atoms with E-state index in [0.29, 0.717) is 17.6 Å². The third kappa shape index (κ3) is 2.75. The topological polar surface area (TPSA) is 64.9 Å². The summed E-state index contributed by atoms with van der Waals surface area (Å²) in [6.07, 6.45) is 0.987. The minimum Gasteiger partial charge on any atom is -0.338 e. The number of hydrogen-bond acceptors (Lipinski definition) is 4. The molecule has 1 heterocycles. The molecule has 20 heavy (non-hydrogen) atoms. The third-order valence-electron chi connectivity index (χ3n) is 4.04. The molecule has 2 rings (SSSR count). The Labute approximate surface area is 120 Å². The number of rotatable bonds is 5. The second kappa shape index (κ2) is 5.75. The molecule has 0 fully saturated rings. The van der Waals surface area contributed by atoms with Gasteiger partial charge in [-0.3, -0.25) is 0 Å². The van der Waals surface area contributed by atoms with Crippen molar-refractivity contribution in [1.82, 2.24) is 10.1 Å². The van der Waals surface area contributed by atoms with Gasteiger partial charge in [-0.1, -0.05) is 55.8 Å². The molecule has 0 aliphatic rings. The Morgan fingerprint density at radius 3 is 2.50 bits per heavy atom. The number of hydrogen-bond donors (Lipinski definition) is 1. The SMILES string of the molecule is CCC(C)[C@H](N)c1nc(C(C)(C)c2ccccc2)no1. The number of aromatic nitrogens is 2. The van der Waals surface area contributed by atoms with Crippen LogP contribution in [-0.4, -0.2) is 10.1 Å². The predicted molar refractivity (Wildman–Crippen MR) is 79.3 cm³/mol. The van der Waals surface area contributed by atoms with E-state index in [1.165, 1.54) is 0 Å². The molecule has 108 valence electrons. The van der Waals surface area contributed by atoms with E-state index in [0.717, 1.165) is 12.0 Å². The summed E-state index contributed by atoms with van der Waals surface area (Å²) in [7, 11) is 0. The van der Waals surface area contributed by atoms with Crippen LogP contribution in [0.15, 0.2) is 34.9 Å². The average molecular weight is 273 g/mol. The summed E-state index contributed by atoms with van der Waals surface area (Å²) in [4.78, 5) is 4.52. The molecule has 0 saturated heterocycles. The van der Waals surface area contributed by atoms with Crippen molar-refractivity contribution >= 4 is 0 Å². The zero-order valence-electron chi connectivity index (χ0n) is 12.6. The highest BCUT2D eigenvalue weighted by Gasteiger charge is 2.30. The molecule has 0 spiro atoms. The predicted octanol–water partition coefficient (Wildman–Crippen LogP) is 3.44. The minimum atomic E-state index is -0.293. The first-order chi connectivity index (χ1) is 9.46. The summed E-state index contributed by atoms with van der Waals surface area (Å²) in [5.74, 6) is 1.53. The lowest BCUT2D eigenvalue weighted by molar-refractivity contribution is 0.308. The summed E-state index contributed by atoms with van der Waals surface area (Å²) in [5.41, 5.74) is 7.01. The van der Waals surface area contributed by atoms with E-state index >= 15 is 0 Å². The number of nitrogens with two attached hydrogens (primary N) is 1. The van der Waals surface area contributed by atoms with Crippen molar-refractivity contribution in [2.24, 2.45) is 11.7 Å². The molecule has 1 aromatic heterocycles. The molecule has 0 radical (unpaired) electrons. The normalized spacial score (nSPS) is 15.1. The van der Waals surface area contributed by atoms with Gasteiger partial charge in [0, 0.05) is 0 Å². The van der Waals surface area contributed by atoms with Gasteiger partial charge in [-0.25, -0.2) is 0 Å². The highest BCUT2D eigenvalue weighted by molar-refractivity contribution is 5.30.